The lowest BCUT2D eigenvalue weighted by Gasteiger charge is -2.34. The van der Waals surface area contributed by atoms with Crippen LogP contribution in [0.5, 0.6) is 0 Å². The van der Waals surface area contributed by atoms with Crippen LogP contribution in [0.2, 0.25) is 0 Å². The van der Waals surface area contributed by atoms with E-state index in [1.54, 1.807) is 41.2 Å². The maximum absolute atomic E-state index is 13.9. The Kier molecular flexibility index (Phi) is 6.24. The van der Waals surface area contributed by atoms with Crippen LogP contribution >= 0.6 is 0 Å². The van der Waals surface area contributed by atoms with Gasteiger partial charge in [-0.2, -0.15) is 9.50 Å². The van der Waals surface area contributed by atoms with Crippen molar-refractivity contribution in [1.29, 1.82) is 0 Å². The molecule has 2 aromatic carbocycles. The summed E-state index contributed by atoms with van der Waals surface area (Å²) >= 11 is 0. The predicted molar refractivity (Wildman–Crippen MR) is 160 cm³/mol. The van der Waals surface area contributed by atoms with Crippen LogP contribution in [0.3, 0.4) is 0 Å². The van der Waals surface area contributed by atoms with Crippen molar-refractivity contribution >= 4 is 50.9 Å². The van der Waals surface area contributed by atoms with Gasteiger partial charge in [0.2, 0.25) is 5.95 Å². The first-order valence-corrected chi connectivity index (χ1v) is 13.5. The molecule has 0 spiro atoms. The van der Waals surface area contributed by atoms with E-state index in [1.807, 2.05) is 18.2 Å². The molecule has 4 aromatic heterocycles. The molecule has 0 saturated carbocycles. The standard InChI is InChI=1S/C30H27N9O3/c1-36-13-15-37(16-14-36)21-9-7-20(8-10-21)33-30-32-18-23-26(35-30)34-27-22-11-6-19(29(41)42-2)17-24(22)38(39(27)28(23)40)25-5-3-4-12-31-25/h3-12,17-18H,13-16H2,1-2H3,(H,32,33,35). The Labute approximate surface area is 239 Å². The number of carbonyl (C=O) groups excluding carboxylic acids is 1. The molecule has 12 heteroatoms. The summed E-state index contributed by atoms with van der Waals surface area (Å²) in [5.41, 5.74) is 3.18. The van der Waals surface area contributed by atoms with Crippen LogP contribution in [0.25, 0.3) is 33.4 Å². The number of fused-ring (bicyclic) bond motifs is 4. The van der Waals surface area contributed by atoms with Gasteiger partial charge in [0.25, 0.3) is 5.56 Å². The fourth-order valence-electron chi connectivity index (χ4n) is 5.29. The highest BCUT2D eigenvalue weighted by atomic mass is 16.5. The monoisotopic (exact) mass is 561 g/mol. The summed E-state index contributed by atoms with van der Waals surface area (Å²) in [6, 6.07) is 18.6. The van der Waals surface area contributed by atoms with Crippen LogP contribution in [0.15, 0.2) is 77.9 Å². The molecule has 0 amide bonds. The number of ether oxygens (including phenoxy) is 1. The molecule has 1 aliphatic rings. The third-order valence-electron chi connectivity index (χ3n) is 7.55. The highest BCUT2D eigenvalue weighted by Gasteiger charge is 2.21. The SMILES string of the molecule is COC(=O)c1ccc2c(c1)n(-c1ccccn1)n1c(=O)c3cnc(Nc4ccc(N5CCN(C)CC5)cc4)nc3nc21. The van der Waals surface area contributed by atoms with Crippen molar-refractivity contribution in [2.75, 3.05) is 50.6 Å². The summed E-state index contributed by atoms with van der Waals surface area (Å²) in [6.07, 6.45) is 3.11. The van der Waals surface area contributed by atoms with Crippen molar-refractivity contribution in [2.45, 2.75) is 0 Å². The molecule has 0 atom stereocenters. The second-order valence-corrected chi connectivity index (χ2v) is 10.2. The van der Waals surface area contributed by atoms with Crippen molar-refractivity contribution in [1.82, 2.24) is 34.0 Å². The Morgan fingerprint density at radius 3 is 2.48 bits per heavy atom. The van der Waals surface area contributed by atoms with Gasteiger partial charge >= 0.3 is 5.97 Å². The van der Waals surface area contributed by atoms with E-state index in [4.69, 9.17) is 9.72 Å². The van der Waals surface area contributed by atoms with Gasteiger partial charge < -0.3 is 19.9 Å². The molecule has 6 aromatic rings. The fourth-order valence-corrected chi connectivity index (χ4v) is 5.29. The van der Waals surface area contributed by atoms with Crippen LogP contribution in [-0.2, 0) is 4.74 Å². The van der Waals surface area contributed by atoms with Gasteiger partial charge in [-0.15, -0.1) is 0 Å². The number of methoxy groups -OCH3 is 1. The van der Waals surface area contributed by atoms with Crippen LogP contribution in [0.4, 0.5) is 17.3 Å². The minimum absolute atomic E-state index is 0.247. The van der Waals surface area contributed by atoms with Crippen molar-refractivity contribution < 1.29 is 9.53 Å². The molecule has 1 saturated heterocycles. The number of piperazine rings is 1. The molecule has 1 aliphatic heterocycles. The molecule has 7 rings (SSSR count). The van der Waals surface area contributed by atoms with Gasteiger partial charge in [0.1, 0.15) is 5.39 Å². The lowest BCUT2D eigenvalue weighted by atomic mass is 10.1. The number of esters is 1. The smallest absolute Gasteiger partial charge is 0.337 e. The summed E-state index contributed by atoms with van der Waals surface area (Å²) in [7, 11) is 3.47. The number of hydrogen-bond donors (Lipinski definition) is 1. The predicted octanol–water partition coefficient (Wildman–Crippen LogP) is 3.26. The molecule has 0 bridgehead atoms. The largest absolute Gasteiger partial charge is 0.465 e. The summed E-state index contributed by atoms with van der Waals surface area (Å²) in [4.78, 5) is 49.1. The Balaban J connectivity index is 1.30. The van der Waals surface area contributed by atoms with E-state index < -0.39 is 5.97 Å². The average molecular weight is 562 g/mol. The molecular formula is C30H27N9O3. The Bertz CT molecular complexity index is 2010. The Morgan fingerprint density at radius 2 is 1.74 bits per heavy atom. The van der Waals surface area contributed by atoms with Gasteiger partial charge in [0.05, 0.1) is 18.2 Å². The van der Waals surface area contributed by atoms with Gasteiger partial charge in [-0.05, 0) is 61.6 Å². The van der Waals surface area contributed by atoms with Gasteiger partial charge in [-0.1, -0.05) is 6.07 Å². The molecule has 5 heterocycles. The van der Waals surface area contributed by atoms with Crippen LogP contribution in [0, 0.1) is 0 Å². The van der Waals surface area contributed by atoms with Crippen molar-refractivity contribution in [3.8, 4) is 5.82 Å². The lowest BCUT2D eigenvalue weighted by molar-refractivity contribution is 0.0601. The van der Waals surface area contributed by atoms with E-state index in [2.05, 4.69) is 49.2 Å². The number of aromatic nitrogens is 6. The van der Waals surface area contributed by atoms with Gasteiger partial charge in [-0.25, -0.2) is 24.4 Å². The number of carbonyl (C=O) groups is 1. The summed E-state index contributed by atoms with van der Waals surface area (Å²) in [6.45, 7) is 4.07. The number of nitrogens with zero attached hydrogens (tertiary/aromatic N) is 8. The zero-order valence-corrected chi connectivity index (χ0v) is 23.1. The lowest BCUT2D eigenvalue weighted by Crippen LogP contribution is -2.44. The van der Waals surface area contributed by atoms with Crippen LogP contribution in [0.1, 0.15) is 10.4 Å². The van der Waals surface area contributed by atoms with E-state index in [0.29, 0.717) is 33.9 Å². The number of benzene rings is 2. The Hall–Kier alpha value is -5.36. The molecule has 42 heavy (non-hydrogen) atoms. The Morgan fingerprint density at radius 1 is 0.929 bits per heavy atom. The van der Waals surface area contributed by atoms with E-state index in [1.165, 1.54) is 23.5 Å². The van der Waals surface area contributed by atoms with Crippen molar-refractivity contribution in [3.05, 3.63) is 89.0 Å². The first-order valence-electron chi connectivity index (χ1n) is 13.5. The number of rotatable bonds is 5. The minimum Gasteiger partial charge on any atom is -0.465 e. The topological polar surface area (TPSA) is 123 Å². The quantitative estimate of drug-likeness (QED) is 0.314. The molecule has 12 nitrogen and oxygen atoms in total. The molecule has 0 aliphatic carbocycles. The molecule has 210 valence electrons. The zero-order chi connectivity index (χ0) is 28.8. The van der Waals surface area contributed by atoms with Crippen molar-refractivity contribution in [3.63, 3.8) is 0 Å². The second-order valence-electron chi connectivity index (χ2n) is 10.2. The fraction of sp³-hybridized carbons (Fsp3) is 0.200. The molecule has 1 fully saturated rings. The van der Waals surface area contributed by atoms with Gasteiger partial charge in [-0.3, -0.25) is 4.79 Å². The number of nitrogens with one attached hydrogen (secondary N) is 1. The van der Waals surface area contributed by atoms with Gasteiger partial charge in [0.15, 0.2) is 17.1 Å². The average Bonchev–Trinajstić information content (AvgIpc) is 3.35. The second kappa shape index (κ2) is 10.2. The maximum Gasteiger partial charge on any atom is 0.337 e. The van der Waals surface area contributed by atoms with E-state index in [-0.39, 0.29) is 16.6 Å². The summed E-state index contributed by atoms with van der Waals surface area (Å²) in [5.74, 6) is 0.327. The van der Waals surface area contributed by atoms with Gasteiger partial charge in [0, 0.05) is 55.3 Å². The highest BCUT2D eigenvalue weighted by molar-refractivity contribution is 6.00. The summed E-state index contributed by atoms with van der Waals surface area (Å²) < 4.78 is 7.99. The molecule has 0 radical (unpaired) electrons. The van der Waals surface area contributed by atoms with Crippen LogP contribution < -0.4 is 15.8 Å². The number of likely N-dealkylation sites (N-methyl/N-ethyl adjacent to an activating group) is 1. The van der Waals surface area contributed by atoms with E-state index >= 15 is 0 Å². The van der Waals surface area contributed by atoms with Crippen molar-refractivity contribution in [2.24, 2.45) is 0 Å². The maximum atomic E-state index is 13.9. The highest BCUT2D eigenvalue weighted by Crippen LogP contribution is 2.26. The van der Waals surface area contributed by atoms with E-state index in [0.717, 1.165) is 31.9 Å². The first kappa shape index (κ1) is 25.6. The number of anilines is 3. The third kappa shape index (κ3) is 4.38. The summed E-state index contributed by atoms with van der Waals surface area (Å²) in [5, 5.41) is 4.13. The molecule has 0 unspecified atom stereocenters. The number of hydrogen-bond acceptors (Lipinski definition) is 10. The van der Waals surface area contributed by atoms with Crippen LogP contribution in [-0.4, -0.2) is 80.3 Å². The zero-order valence-electron chi connectivity index (χ0n) is 23.1. The normalized spacial score (nSPS) is 14.1. The molecular weight excluding hydrogens is 534 g/mol. The minimum atomic E-state index is -0.488. The van der Waals surface area contributed by atoms with E-state index in [9.17, 15) is 9.59 Å². The number of pyridine rings is 1. The molecule has 1 N–H and O–H groups in total. The first-order chi connectivity index (χ1) is 20.5. The third-order valence-corrected chi connectivity index (χ3v) is 7.55.